The van der Waals surface area contributed by atoms with Crippen molar-refractivity contribution in [3.8, 4) is 5.75 Å². The van der Waals surface area contributed by atoms with Crippen molar-refractivity contribution in [1.82, 2.24) is 15.3 Å². The van der Waals surface area contributed by atoms with Crippen LogP contribution in [0.4, 0.5) is 15.9 Å². The highest BCUT2D eigenvalue weighted by atomic mass is 35.5. The topological polar surface area (TPSA) is 102 Å². The van der Waals surface area contributed by atoms with Gasteiger partial charge in [-0.15, -0.1) is 0 Å². The second kappa shape index (κ2) is 12.6. The SMILES string of the molecule is CC(C)S(=O)(=O)CCNCC1(c2ccc3ncnc(Nc4ccc(OCc5cccc(F)c5)c(Cl)c4)c3c2)CC=CO1. The molecule has 0 spiro atoms. The molecule has 0 saturated carbocycles. The summed E-state index contributed by atoms with van der Waals surface area (Å²) >= 11 is 6.51. The molecule has 0 bridgehead atoms. The summed E-state index contributed by atoms with van der Waals surface area (Å²) in [4.78, 5) is 8.90. The van der Waals surface area contributed by atoms with E-state index in [0.29, 0.717) is 47.4 Å². The number of rotatable bonds is 12. The molecule has 1 aromatic heterocycles. The summed E-state index contributed by atoms with van der Waals surface area (Å²) in [7, 11) is -3.14. The number of aromatic nitrogens is 2. The highest BCUT2D eigenvalue weighted by Crippen LogP contribution is 2.37. The summed E-state index contributed by atoms with van der Waals surface area (Å²) in [5.74, 6) is 0.800. The molecule has 2 N–H and O–H groups in total. The molecule has 8 nitrogen and oxygen atoms in total. The normalized spacial score (nSPS) is 16.6. The first-order valence-electron chi connectivity index (χ1n) is 13.6. The van der Waals surface area contributed by atoms with Gasteiger partial charge in [0.05, 0.1) is 27.8 Å². The summed E-state index contributed by atoms with van der Waals surface area (Å²) in [6.07, 6.45) is 5.75. The Morgan fingerprint density at radius 2 is 1.98 bits per heavy atom. The van der Waals surface area contributed by atoms with Crippen LogP contribution in [0.2, 0.25) is 5.02 Å². The summed E-state index contributed by atoms with van der Waals surface area (Å²) in [6.45, 7) is 4.33. The predicted octanol–water partition coefficient (Wildman–Crippen LogP) is 6.29. The molecular weight excluding hydrogens is 579 g/mol. The van der Waals surface area contributed by atoms with Crippen molar-refractivity contribution < 1.29 is 22.3 Å². The molecule has 2 heterocycles. The highest BCUT2D eigenvalue weighted by molar-refractivity contribution is 7.92. The standard InChI is InChI=1S/C31H32ClFN4O4S/c1-21(2)42(38,39)14-12-34-19-31(11-4-13-41-31)23-7-9-28-26(16-23)30(36-20-35-28)37-25-8-10-29(27(32)17-25)40-18-22-5-3-6-24(33)15-22/h3-10,13,15-17,20-21,34H,11-12,14,18-19H2,1-2H3,(H,35,36,37). The smallest absolute Gasteiger partial charge is 0.153 e. The molecule has 1 atom stereocenters. The summed E-state index contributed by atoms with van der Waals surface area (Å²) < 4.78 is 49.8. The average molecular weight is 611 g/mol. The van der Waals surface area contributed by atoms with E-state index in [0.717, 1.165) is 16.5 Å². The molecule has 0 radical (unpaired) electrons. The molecule has 1 aliphatic rings. The minimum absolute atomic E-state index is 0.0605. The van der Waals surface area contributed by atoms with Crippen molar-refractivity contribution >= 4 is 43.8 Å². The molecule has 4 aromatic rings. The number of benzene rings is 3. The number of halogens is 2. The van der Waals surface area contributed by atoms with Crippen LogP contribution in [0, 0.1) is 5.82 Å². The maximum absolute atomic E-state index is 13.5. The van der Waals surface area contributed by atoms with Crippen LogP contribution < -0.4 is 15.4 Å². The number of ether oxygens (including phenoxy) is 2. The van der Waals surface area contributed by atoms with Crippen LogP contribution in [0.25, 0.3) is 10.9 Å². The van der Waals surface area contributed by atoms with Gasteiger partial charge in [0, 0.05) is 30.6 Å². The number of sulfone groups is 1. The van der Waals surface area contributed by atoms with E-state index in [1.165, 1.54) is 18.5 Å². The summed E-state index contributed by atoms with van der Waals surface area (Å²) in [6, 6.07) is 17.4. The number of fused-ring (bicyclic) bond motifs is 1. The molecule has 3 aromatic carbocycles. The van der Waals surface area contributed by atoms with Gasteiger partial charge in [0.1, 0.15) is 35.9 Å². The van der Waals surface area contributed by atoms with Crippen LogP contribution in [0.1, 0.15) is 31.4 Å². The largest absolute Gasteiger partial charge is 0.489 e. The minimum atomic E-state index is -3.14. The van der Waals surface area contributed by atoms with Gasteiger partial charge in [-0.2, -0.15) is 0 Å². The Hall–Kier alpha value is -3.73. The van der Waals surface area contributed by atoms with E-state index in [1.54, 1.807) is 44.4 Å². The molecule has 1 unspecified atom stereocenters. The first kappa shape index (κ1) is 29.8. The van der Waals surface area contributed by atoms with Crippen LogP contribution >= 0.6 is 11.6 Å². The van der Waals surface area contributed by atoms with Gasteiger partial charge in [-0.25, -0.2) is 22.8 Å². The van der Waals surface area contributed by atoms with Gasteiger partial charge in [0.2, 0.25) is 0 Å². The summed E-state index contributed by atoms with van der Waals surface area (Å²) in [5, 5.41) is 7.37. The van der Waals surface area contributed by atoms with Crippen molar-refractivity contribution in [3.05, 3.63) is 101 Å². The molecule has 0 aliphatic carbocycles. The fourth-order valence-corrected chi connectivity index (χ4v) is 5.80. The van der Waals surface area contributed by atoms with Gasteiger partial charge < -0.3 is 20.1 Å². The molecule has 42 heavy (non-hydrogen) atoms. The molecule has 0 saturated heterocycles. The van der Waals surface area contributed by atoms with Crippen LogP contribution in [0.15, 0.2) is 79.3 Å². The zero-order chi connectivity index (χ0) is 29.7. The Bertz CT molecular complexity index is 1710. The maximum Gasteiger partial charge on any atom is 0.153 e. The van der Waals surface area contributed by atoms with Gasteiger partial charge >= 0.3 is 0 Å². The Morgan fingerprint density at radius 3 is 2.71 bits per heavy atom. The average Bonchev–Trinajstić information content (AvgIpc) is 3.45. The Labute approximate surface area is 249 Å². The van der Waals surface area contributed by atoms with Gasteiger partial charge in [0.25, 0.3) is 0 Å². The van der Waals surface area contributed by atoms with Crippen LogP contribution in [-0.2, 0) is 26.8 Å². The predicted molar refractivity (Wildman–Crippen MR) is 163 cm³/mol. The Morgan fingerprint density at radius 1 is 1.12 bits per heavy atom. The van der Waals surface area contributed by atoms with Crippen LogP contribution in [0.3, 0.4) is 0 Å². The number of hydrogen-bond acceptors (Lipinski definition) is 8. The molecule has 220 valence electrons. The zero-order valence-electron chi connectivity index (χ0n) is 23.3. The van der Waals surface area contributed by atoms with E-state index < -0.39 is 20.7 Å². The lowest BCUT2D eigenvalue weighted by Crippen LogP contribution is -2.40. The van der Waals surface area contributed by atoms with E-state index >= 15 is 0 Å². The van der Waals surface area contributed by atoms with Gasteiger partial charge in [-0.05, 0) is 73.5 Å². The molecule has 0 fully saturated rings. The van der Waals surface area contributed by atoms with E-state index in [-0.39, 0.29) is 18.2 Å². The number of nitrogens with one attached hydrogen (secondary N) is 2. The third-order valence-electron chi connectivity index (χ3n) is 7.17. The Kier molecular flexibility index (Phi) is 8.96. The molecule has 5 rings (SSSR count). The van der Waals surface area contributed by atoms with E-state index in [4.69, 9.17) is 21.1 Å². The minimum Gasteiger partial charge on any atom is -0.489 e. The highest BCUT2D eigenvalue weighted by Gasteiger charge is 2.35. The van der Waals surface area contributed by atoms with E-state index in [1.807, 2.05) is 30.3 Å². The lowest BCUT2D eigenvalue weighted by Gasteiger charge is -2.30. The molecule has 1 aliphatic heterocycles. The first-order chi connectivity index (χ1) is 20.1. The molecular formula is C31H32ClFN4O4S. The third kappa shape index (κ3) is 6.83. The third-order valence-corrected chi connectivity index (χ3v) is 9.67. The molecule has 0 amide bonds. The van der Waals surface area contributed by atoms with Crippen molar-refractivity contribution in [2.75, 3.05) is 24.2 Å². The van der Waals surface area contributed by atoms with E-state index in [9.17, 15) is 12.8 Å². The van der Waals surface area contributed by atoms with Gasteiger partial charge in [-0.1, -0.05) is 29.8 Å². The quantitative estimate of drug-likeness (QED) is 0.181. The van der Waals surface area contributed by atoms with Crippen molar-refractivity contribution in [1.29, 1.82) is 0 Å². The van der Waals surface area contributed by atoms with Crippen LogP contribution in [0.5, 0.6) is 5.75 Å². The second-order valence-electron chi connectivity index (χ2n) is 10.4. The fourth-order valence-electron chi connectivity index (χ4n) is 4.67. The zero-order valence-corrected chi connectivity index (χ0v) is 24.9. The molecule has 11 heteroatoms. The lowest BCUT2D eigenvalue weighted by atomic mass is 9.90. The number of nitrogens with zero attached hydrogens (tertiary/aromatic N) is 2. The monoisotopic (exact) mass is 610 g/mol. The van der Waals surface area contributed by atoms with Crippen molar-refractivity contribution in [3.63, 3.8) is 0 Å². The van der Waals surface area contributed by atoms with E-state index in [2.05, 4.69) is 20.6 Å². The lowest BCUT2D eigenvalue weighted by molar-refractivity contribution is 0.0419. The summed E-state index contributed by atoms with van der Waals surface area (Å²) in [5.41, 5.74) is 2.37. The van der Waals surface area contributed by atoms with Crippen molar-refractivity contribution in [2.45, 2.75) is 37.7 Å². The van der Waals surface area contributed by atoms with Crippen molar-refractivity contribution in [2.24, 2.45) is 0 Å². The number of anilines is 2. The van der Waals surface area contributed by atoms with Gasteiger partial charge in [0.15, 0.2) is 9.84 Å². The Balaban J connectivity index is 1.32. The maximum atomic E-state index is 13.5. The first-order valence-corrected chi connectivity index (χ1v) is 15.7. The van der Waals surface area contributed by atoms with Gasteiger partial charge in [-0.3, -0.25) is 0 Å². The van der Waals surface area contributed by atoms with Crippen LogP contribution in [-0.4, -0.2) is 42.5 Å². The number of hydrogen-bond donors (Lipinski definition) is 2. The second-order valence-corrected chi connectivity index (χ2v) is 13.5. The fraction of sp³-hybridized carbons (Fsp3) is 0.290.